The van der Waals surface area contributed by atoms with Crippen molar-refractivity contribution in [3.05, 3.63) is 81.4 Å². The normalized spacial score (nSPS) is 13.3. The molecule has 11 heteroatoms. The molecule has 1 saturated heterocycles. The second-order valence-corrected chi connectivity index (χ2v) is 9.73. The van der Waals surface area contributed by atoms with Gasteiger partial charge in [0.1, 0.15) is 29.0 Å². The van der Waals surface area contributed by atoms with E-state index in [2.05, 4.69) is 19.8 Å². The molecule has 1 aliphatic heterocycles. The number of carbonyl (C=O) groups is 3. The van der Waals surface area contributed by atoms with Crippen LogP contribution in [0.2, 0.25) is 0 Å². The summed E-state index contributed by atoms with van der Waals surface area (Å²) in [6, 6.07) is 13.0. The summed E-state index contributed by atoms with van der Waals surface area (Å²) in [7, 11) is 1.43. The van der Waals surface area contributed by atoms with E-state index >= 15 is 0 Å². The Morgan fingerprint density at radius 2 is 1.88 bits per heavy atom. The number of aromatic nitrogens is 2. The van der Waals surface area contributed by atoms with Gasteiger partial charge in [-0.05, 0) is 68.3 Å². The Labute approximate surface area is 238 Å². The number of unbranched alkanes of at least 4 members (excludes halogenated alkanes) is 2. The van der Waals surface area contributed by atoms with Crippen LogP contribution in [0.4, 0.5) is 11.5 Å². The van der Waals surface area contributed by atoms with Gasteiger partial charge < -0.3 is 19.5 Å². The van der Waals surface area contributed by atoms with Gasteiger partial charge in [-0.1, -0.05) is 0 Å². The number of nitriles is 1. The number of H-pyrrole nitrogens is 1. The number of ether oxygens (including phenoxy) is 1. The summed E-state index contributed by atoms with van der Waals surface area (Å²) in [5.74, 6) is 0.867. The predicted molar refractivity (Wildman–Crippen MR) is 154 cm³/mol. The molecule has 1 fully saturated rings. The van der Waals surface area contributed by atoms with E-state index in [1.165, 1.54) is 31.3 Å². The van der Waals surface area contributed by atoms with Gasteiger partial charge in [-0.2, -0.15) is 5.26 Å². The minimum absolute atomic E-state index is 0.0652. The molecule has 0 spiro atoms. The lowest BCUT2D eigenvalue weighted by molar-refractivity contribution is 0.0985. The molecule has 3 heterocycles. The molecular weight excluding hydrogens is 524 g/mol. The van der Waals surface area contributed by atoms with Crippen LogP contribution < -0.4 is 20.1 Å². The largest absolute Gasteiger partial charge is 0.494 e. The van der Waals surface area contributed by atoms with Crippen molar-refractivity contribution >= 4 is 30.0 Å². The van der Waals surface area contributed by atoms with Crippen molar-refractivity contribution in [2.24, 2.45) is 0 Å². The third-order valence-corrected chi connectivity index (χ3v) is 7.05. The van der Waals surface area contributed by atoms with E-state index in [1.807, 2.05) is 12.1 Å². The summed E-state index contributed by atoms with van der Waals surface area (Å²) in [5.41, 5.74) is 0.469. The topological polar surface area (TPSA) is 140 Å². The molecule has 0 atom stereocenters. The zero-order valence-electron chi connectivity index (χ0n) is 22.9. The average molecular weight is 557 g/mol. The Morgan fingerprint density at radius 1 is 1.07 bits per heavy atom. The Hall–Kier alpha value is -4.82. The van der Waals surface area contributed by atoms with Crippen molar-refractivity contribution in [2.45, 2.75) is 19.3 Å². The van der Waals surface area contributed by atoms with Crippen LogP contribution in [-0.4, -0.2) is 79.7 Å². The smallest absolute Gasteiger partial charge is 0.272 e. The van der Waals surface area contributed by atoms with Crippen LogP contribution in [0.25, 0.3) is 0 Å². The maximum atomic E-state index is 13.0. The van der Waals surface area contributed by atoms with Crippen molar-refractivity contribution < 1.29 is 19.1 Å². The summed E-state index contributed by atoms with van der Waals surface area (Å²) < 4.78 is 5.83. The Balaban J connectivity index is 1.19. The van der Waals surface area contributed by atoms with E-state index in [-0.39, 0.29) is 22.5 Å². The van der Waals surface area contributed by atoms with Gasteiger partial charge in [0.25, 0.3) is 11.5 Å². The first kappa shape index (κ1) is 29.2. The molecule has 0 saturated carbocycles. The number of hydrogen-bond acceptors (Lipinski definition) is 9. The molecule has 2 aromatic heterocycles. The average Bonchev–Trinajstić information content (AvgIpc) is 3.02. The van der Waals surface area contributed by atoms with Crippen molar-refractivity contribution in [2.75, 3.05) is 56.2 Å². The fourth-order valence-electron chi connectivity index (χ4n) is 4.67. The van der Waals surface area contributed by atoms with E-state index in [1.54, 1.807) is 18.3 Å². The number of piperazine rings is 1. The van der Waals surface area contributed by atoms with Gasteiger partial charge in [0.2, 0.25) is 0 Å². The standard InChI is InChI=1S/C30H32N6O5/c1-34(27-9-6-24(18-31)33-29(27)39)30(40)26-8-7-25(17-23(26)21-38)41-16-4-2-3-11-35-12-14-36(15-13-35)28-10-5-22(20-37)19-32-28/h5-10,17,19-21H,2-4,11-16H2,1H3,(H,33,39). The molecule has 11 nitrogen and oxygen atoms in total. The molecule has 3 aromatic rings. The fourth-order valence-corrected chi connectivity index (χ4v) is 4.67. The molecule has 1 amide bonds. The number of anilines is 2. The van der Waals surface area contributed by atoms with Gasteiger partial charge >= 0.3 is 0 Å². The Bertz CT molecular complexity index is 1470. The molecule has 212 valence electrons. The Morgan fingerprint density at radius 3 is 2.54 bits per heavy atom. The number of carbonyl (C=O) groups excluding carboxylic acids is 3. The molecular formula is C30H32N6O5. The highest BCUT2D eigenvalue weighted by Crippen LogP contribution is 2.20. The molecule has 1 N–H and O–H groups in total. The van der Waals surface area contributed by atoms with Gasteiger partial charge in [0.15, 0.2) is 12.6 Å². The van der Waals surface area contributed by atoms with Crippen molar-refractivity contribution in [3.63, 3.8) is 0 Å². The maximum absolute atomic E-state index is 13.0. The van der Waals surface area contributed by atoms with Crippen LogP contribution in [0.1, 0.15) is 56.0 Å². The van der Waals surface area contributed by atoms with Crippen molar-refractivity contribution in [3.8, 4) is 11.8 Å². The van der Waals surface area contributed by atoms with Gasteiger partial charge in [-0.25, -0.2) is 4.98 Å². The van der Waals surface area contributed by atoms with Gasteiger partial charge in [0.05, 0.1) is 12.2 Å². The minimum atomic E-state index is -0.575. The zero-order chi connectivity index (χ0) is 29.2. The van der Waals surface area contributed by atoms with Crippen LogP contribution in [0.5, 0.6) is 5.75 Å². The number of nitrogens with zero attached hydrogens (tertiary/aromatic N) is 5. The van der Waals surface area contributed by atoms with Crippen LogP contribution >= 0.6 is 0 Å². The molecule has 0 bridgehead atoms. The quantitative estimate of drug-likeness (QED) is 0.263. The number of rotatable bonds is 12. The molecule has 41 heavy (non-hydrogen) atoms. The second kappa shape index (κ2) is 14.0. The number of aldehydes is 2. The minimum Gasteiger partial charge on any atom is -0.494 e. The van der Waals surface area contributed by atoms with Crippen molar-refractivity contribution in [1.82, 2.24) is 14.9 Å². The lowest BCUT2D eigenvalue weighted by Gasteiger charge is -2.35. The number of nitrogens with one attached hydrogen (secondary N) is 1. The zero-order valence-corrected chi connectivity index (χ0v) is 22.9. The van der Waals surface area contributed by atoms with Crippen LogP contribution in [0.15, 0.2) is 53.5 Å². The summed E-state index contributed by atoms with van der Waals surface area (Å²) >= 11 is 0. The highest BCUT2D eigenvalue weighted by atomic mass is 16.5. The van der Waals surface area contributed by atoms with Crippen LogP contribution in [0.3, 0.4) is 0 Å². The first-order chi connectivity index (χ1) is 19.9. The third-order valence-electron chi connectivity index (χ3n) is 7.05. The molecule has 1 aromatic carbocycles. The van der Waals surface area contributed by atoms with Gasteiger partial charge in [-0.15, -0.1) is 0 Å². The molecule has 0 radical (unpaired) electrons. The van der Waals surface area contributed by atoms with Gasteiger partial charge in [0, 0.05) is 50.6 Å². The summed E-state index contributed by atoms with van der Waals surface area (Å²) in [6.45, 7) is 5.21. The number of amides is 1. The lowest BCUT2D eigenvalue weighted by atomic mass is 10.1. The fraction of sp³-hybridized carbons (Fsp3) is 0.333. The lowest BCUT2D eigenvalue weighted by Crippen LogP contribution is -2.46. The number of aromatic amines is 1. The van der Waals surface area contributed by atoms with Crippen LogP contribution in [0, 0.1) is 11.3 Å². The van der Waals surface area contributed by atoms with Crippen molar-refractivity contribution in [1.29, 1.82) is 5.26 Å². The first-order valence-corrected chi connectivity index (χ1v) is 13.5. The SMILES string of the molecule is CN(C(=O)c1ccc(OCCCCCN2CCN(c3ccc(C=O)cn3)CC2)cc1C=O)c1ccc(C#N)[nH]c1=O. The monoisotopic (exact) mass is 556 g/mol. The van der Waals surface area contributed by atoms with Gasteiger partial charge in [-0.3, -0.25) is 24.1 Å². The third kappa shape index (κ3) is 7.43. The number of pyridine rings is 2. The van der Waals surface area contributed by atoms with E-state index in [0.717, 1.165) is 69.0 Å². The summed E-state index contributed by atoms with van der Waals surface area (Å²) in [6.07, 6.45) is 5.89. The first-order valence-electron chi connectivity index (χ1n) is 13.5. The second-order valence-electron chi connectivity index (χ2n) is 9.73. The van der Waals surface area contributed by atoms with E-state index < -0.39 is 11.5 Å². The maximum Gasteiger partial charge on any atom is 0.272 e. The molecule has 1 aliphatic rings. The number of benzene rings is 1. The predicted octanol–water partition coefficient (Wildman–Crippen LogP) is 2.91. The molecule has 0 aliphatic carbocycles. The Kier molecular flexibility index (Phi) is 9.96. The van der Waals surface area contributed by atoms with E-state index in [0.29, 0.717) is 24.2 Å². The van der Waals surface area contributed by atoms with E-state index in [9.17, 15) is 19.2 Å². The number of hydrogen-bond donors (Lipinski definition) is 1. The van der Waals surface area contributed by atoms with Crippen LogP contribution in [-0.2, 0) is 0 Å². The molecule has 0 unspecified atom stereocenters. The molecule has 4 rings (SSSR count). The summed E-state index contributed by atoms with van der Waals surface area (Å²) in [5, 5.41) is 8.92. The van der Waals surface area contributed by atoms with E-state index in [4.69, 9.17) is 10.00 Å². The highest BCUT2D eigenvalue weighted by Gasteiger charge is 2.20. The summed E-state index contributed by atoms with van der Waals surface area (Å²) in [4.78, 5) is 60.4. The highest BCUT2D eigenvalue weighted by molar-refractivity contribution is 6.10.